The van der Waals surface area contributed by atoms with Crippen LogP contribution in [-0.4, -0.2) is 41.6 Å². The minimum atomic E-state index is -0.438. The fourth-order valence-corrected chi connectivity index (χ4v) is 1.91. The zero-order valence-corrected chi connectivity index (χ0v) is 9.95. The van der Waals surface area contributed by atoms with Gasteiger partial charge >= 0.3 is 6.09 Å². The van der Waals surface area contributed by atoms with Crippen molar-refractivity contribution in [2.45, 2.75) is 38.8 Å². The third-order valence-electron chi connectivity index (χ3n) is 2.88. The third kappa shape index (κ3) is 2.28. The van der Waals surface area contributed by atoms with Crippen molar-refractivity contribution in [2.75, 3.05) is 13.1 Å². The van der Waals surface area contributed by atoms with Gasteiger partial charge in [-0.3, -0.25) is 4.79 Å². The lowest BCUT2D eigenvalue weighted by molar-refractivity contribution is -0.131. The van der Waals surface area contributed by atoms with Crippen molar-refractivity contribution < 1.29 is 14.3 Å². The van der Waals surface area contributed by atoms with Crippen molar-refractivity contribution in [1.29, 1.82) is 0 Å². The van der Waals surface area contributed by atoms with Gasteiger partial charge in [0.2, 0.25) is 5.91 Å². The van der Waals surface area contributed by atoms with E-state index in [2.05, 4.69) is 5.32 Å². The average Bonchev–Trinajstić information content (AvgIpc) is 1.94. The summed E-state index contributed by atoms with van der Waals surface area (Å²) in [5.41, 5.74) is -0.438. The van der Waals surface area contributed by atoms with Crippen LogP contribution in [0.5, 0.6) is 0 Å². The van der Waals surface area contributed by atoms with E-state index < -0.39 is 5.60 Å². The van der Waals surface area contributed by atoms with Crippen molar-refractivity contribution in [3.63, 3.8) is 0 Å². The predicted octanol–water partition coefficient (Wildman–Crippen LogP) is 0.742. The average molecular weight is 226 g/mol. The number of amides is 2. The summed E-state index contributed by atoms with van der Waals surface area (Å²) >= 11 is 0. The maximum atomic E-state index is 11.6. The number of nitrogens with one attached hydrogen (secondary N) is 1. The molecule has 1 atom stereocenters. The summed E-state index contributed by atoms with van der Waals surface area (Å²) < 4.78 is 5.24. The lowest BCUT2D eigenvalue weighted by Crippen LogP contribution is -2.63. The van der Waals surface area contributed by atoms with E-state index in [9.17, 15) is 9.59 Å². The summed E-state index contributed by atoms with van der Waals surface area (Å²) in [5, 5.41) is 2.83. The predicted molar refractivity (Wildman–Crippen MR) is 57.8 cm³/mol. The highest BCUT2D eigenvalue weighted by Gasteiger charge is 2.42. The molecule has 1 unspecified atom stereocenters. The molecule has 0 aliphatic carbocycles. The Morgan fingerprint density at radius 2 is 2.00 bits per heavy atom. The second-order valence-electron chi connectivity index (χ2n) is 5.52. The minimum absolute atomic E-state index is 0.112. The summed E-state index contributed by atoms with van der Waals surface area (Å²) in [7, 11) is 0. The second-order valence-corrected chi connectivity index (χ2v) is 5.52. The van der Waals surface area contributed by atoms with Gasteiger partial charge in [0.15, 0.2) is 0 Å². The van der Waals surface area contributed by atoms with Gasteiger partial charge < -0.3 is 15.0 Å². The van der Waals surface area contributed by atoms with Crippen LogP contribution in [0.4, 0.5) is 4.79 Å². The fourth-order valence-electron chi connectivity index (χ4n) is 1.91. The van der Waals surface area contributed by atoms with Crippen molar-refractivity contribution in [3.05, 3.63) is 0 Å². The summed E-state index contributed by atoms with van der Waals surface area (Å²) in [6.45, 7) is 6.96. The number of likely N-dealkylation sites (tertiary alicyclic amines) is 1. The first-order valence-electron chi connectivity index (χ1n) is 5.62. The van der Waals surface area contributed by atoms with Gasteiger partial charge in [0.05, 0.1) is 0 Å². The van der Waals surface area contributed by atoms with Crippen LogP contribution < -0.4 is 5.32 Å². The highest BCUT2D eigenvalue weighted by molar-refractivity contribution is 5.83. The molecule has 2 rings (SSSR count). The highest BCUT2D eigenvalue weighted by Crippen LogP contribution is 2.26. The molecule has 90 valence electrons. The molecule has 2 heterocycles. The van der Waals surface area contributed by atoms with Crippen molar-refractivity contribution in [1.82, 2.24) is 10.2 Å². The standard InChI is InChI=1S/C11H18N2O3/c1-11(2,3)16-10(15)13-5-7(6-13)8-4-9(14)12-8/h7-8H,4-6H2,1-3H3,(H,12,14). The van der Waals surface area contributed by atoms with Crippen LogP contribution in [0, 0.1) is 5.92 Å². The zero-order chi connectivity index (χ0) is 11.9. The molecule has 0 radical (unpaired) electrons. The molecule has 0 spiro atoms. The normalized spacial score (nSPS) is 25.6. The zero-order valence-electron chi connectivity index (χ0n) is 9.95. The second kappa shape index (κ2) is 3.64. The molecule has 0 aromatic rings. The largest absolute Gasteiger partial charge is 0.444 e. The van der Waals surface area contributed by atoms with Crippen LogP contribution in [0.2, 0.25) is 0 Å². The van der Waals surface area contributed by atoms with E-state index in [0.29, 0.717) is 25.4 Å². The van der Waals surface area contributed by atoms with Gasteiger partial charge in [-0.25, -0.2) is 4.79 Å². The molecule has 5 heteroatoms. The van der Waals surface area contributed by atoms with E-state index in [1.165, 1.54) is 0 Å². The van der Waals surface area contributed by atoms with E-state index in [0.717, 1.165) is 0 Å². The van der Waals surface area contributed by atoms with Crippen molar-refractivity contribution in [3.8, 4) is 0 Å². The van der Waals surface area contributed by atoms with Gasteiger partial charge in [0.1, 0.15) is 5.60 Å². The van der Waals surface area contributed by atoms with Gasteiger partial charge in [0.25, 0.3) is 0 Å². The Morgan fingerprint density at radius 3 is 2.44 bits per heavy atom. The SMILES string of the molecule is CC(C)(C)OC(=O)N1CC(C2CC(=O)N2)C1. The van der Waals surface area contributed by atoms with Crippen LogP contribution in [0.15, 0.2) is 0 Å². The van der Waals surface area contributed by atoms with Crippen LogP contribution in [-0.2, 0) is 9.53 Å². The fraction of sp³-hybridized carbons (Fsp3) is 0.818. The third-order valence-corrected chi connectivity index (χ3v) is 2.88. The Balaban J connectivity index is 1.72. The molecular weight excluding hydrogens is 208 g/mol. The summed E-state index contributed by atoms with van der Waals surface area (Å²) in [4.78, 5) is 24.0. The molecule has 0 aromatic heterocycles. The molecule has 2 aliphatic heterocycles. The Labute approximate surface area is 95.1 Å². The van der Waals surface area contributed by atoms with Gasteiger partial charge in [-0.05, 0) is 20.8 Å². The van der Waals surface area contributed by atoms with Crippen molar-refractivity contribution in [2.24, 2.45) is 5.92 Å². The Bertz CT molecular complexity index is 308. The number of hydrogen-bond donors (Lipinski definition) is 1. The number of rotatable bonds is 1. The number of β-lactam (4-membered cyclic amide) rings is 1. The summed E-state index contributed by atoms with van der Waals surface area (Å²) in [6.07, 6.45) is 0.349. The smallest absolute Gasteiger partial charge is 0.410 e. The van der Waals surface area contributed by atoms with Crippen molar-refractivity contribution >= 4 is 12.0 Å². The molecule has 0 aromatic carbocycles. The van der Waals surface area contributed by atoms with Crippen LogP contribution in [0.1, 0.15) is 27.2 Å². The van der Waals surface area contributed by atoms with E-state index in [1.54, 1.807) is 4.90 Å². The molecule has 5 nitrogen and oxygen atoms in total. The van der Waals surface area contributed by atoms with Gasteiger partial charge in [-0.2, -0.15) is 0 Å². The Kier molecular flexibility index (Phi) is 2.56. The Hall–Kier alpha value is -1.26. The lowest BCUT2D eigenvalue weighted by Gasteiger charge is -2.46. The maximum absolute atomic E-state index is 11.6. The molecular formula is C11H18N2O3. The van der Waals surface area contributed by atoms with Crippen LogP contribution in [0.3, 0.4) is 0 Å². The van der Waals surface area contributed by atoms with E-state index in [1.807, 2.05) is 20.8 Å². The topological polar surface area (TPSA) is 58.6 Å². The number of hydrogen-bond acceptors (Lipinski definition) is 3. The number of carbonyl (C=O) groups is 2. The molecule has 2 aliphatic rings. The minimum Gasteiger partial charge on any atom is -0.444 e. The van der Waals surface area contributed by atoms with E-state index in [4.69, 9.17) is 4.74 Å². The Morgan fingerprint density at radius 1 is 1.44 bits per heavy atom. The number of nitrogens with zero attached hydrogens (tertiary/aromatic N) is 1. The molecule has 2 fully saturated rings. The van der Waals surface area contributed by atoms with Crippen LogP contribution >= 0.6 is 0 Å². The van der Waals surface area contributed by atoms with E-state index >= 15 is 0 Å². The molecule has 16 heavy (non-hydrogen) atoms. The van der Waals surface area contributed by atoms with Gasteiger partial charge in [0, 0.05) is 31.5 Å². The van der Waals surface area contributed by atoms with Gasteiger partial charge in [-0.15, -0.1) is 0 Å². The maximum Gasteiger partial charge on any atom is 0.410 e. The summed E-state index contributed by atoms with van der Waals surface area (Å²) in [6, 6.07) is 0.270. The monoisotopic (exact) mass is 226 g/mol. The molecule has 1 N–H and O–H groups in total. The molecule has 2 amide bonds. The lowest BCUT2D eigenvalue weighted by atomic mass is 9.85. The van der Waals surface area contributed by atoms with Crippen LogP contribution in [0.25, 0.3) is 0 Å². The first-order valence-corrected chi connectivity index (χ1v) is 5.62. The first kappa shape index (κ1) is 11.2. The molecule has 0 saturated carbocycles. The van der Waals surface area contributed by atoms with Gasteiger partial charge in [-0.1, -0.05) is 0 Å². The van der Waals surface area contributed by atoms with E-state index in [-0.39, 0.29) is 18.0 Å². The highest BCUT2D eigenvalue weighted by atomic mass is 16.6. The molecule has 2 saturated heterocycles. The number of carbonyl (C=O) groups excluding carboxylic acids is 2. The first-order chi connectivity index (χ1) is 7.35. The quantitative estimate of drug-likeness (QED) is 0.671. The molecule has 0 bridgehead atoms. The number of ether oxygens (including phenoxy) is 1. The summed E-state index contributed by atoms with van der Waals surface area (Å²) in [5.74, 6) is 0.519.